The lowest BCUT2D eigenvalue weighted by Crippen LogP contribution is -2.27. The molecule has 0 aliphatic heterocycles. The molecule has 0 bridgehead atoms. The van der Waals surface area contributed by atoms with Crippen LogP contribution in [0.3, 0.4) is 0 Å². The van der Waals surface area contributed by atoms with Gasteiger partial charge in [0.1, 0.15) is 5.75 Å². The first-order chi connectivity index (χ1) is 17.8. The predicted octanol–water partition coefficient (Wildman–Crippen LogP) is 4.50. The lowest BCUT2D eigenvalue weighted by molar-refractivity contribution is -0.134. The van der Waals surface area contributed by atoms with Gasteiger partial charge in [0, 0.05) is 10.6 Å². The van der Waals surface area contributed by atoms with Gasteiger partial charge in [-0.1, -0.05) is 35.9 Å². The van der Waals surface area contributed by atoms with E-state index in [4.69, 9.17) is 16.3 Å². The van der Waals surface area contributed by atoms with Crippen LogP contribution in [0.25, 0.3) is 11.0 Å². The quantitative estimate of drug-likeness (QED) is 0.261. The highest BCUT2D eigenvalue weighted by atomic mass is 35.5. The molecule has 2 amide bonds. The molecule has 0 fully saturated rings. The van der Waals surface area contributed by atoms with E-state index in [1.54, 1.807) is 60.7 Å². The summed E-state index contributed by atoms with van der Waals surface area (Å²) in [5.74, 6) is -2.31. The molecule has 1 aromatic heterocycles. The Bertz CT molecular complexity index is 1550. The number of amides is 2. The fraction of sp³-hybridized carbons (Fsp3) is 0.111. The van der Waals surface area contributed by atoms with Crippen molar-refractivity contribution in [1.29, 1.82) is 0 Å². The van der Waals surface area contributed by atoms with Crippen LogP contribution in [-0.2, 0) is 16.0 Å². The van der Waals surface area contributed by atoms with Crippen molar-refractivity contribution >= 4 is 57.4 Å². The molecular formula is C27H21ClN4O5. The summed E-state index contributed by atoms with van der Waals surface area (Å²) in [4.78, 5) is 59.5. The zero-order valence-electron chi connectivity index (χ0n) is 19.9. The maximum Gasteiger partial charge on any atom is 0.292 e. The number of benzene rings is 3. The van der Waals surface area contributed by atoms with Gasteiger partial charge in [-0.15, -0.1) is 0 Å². The van der Waals surface area contributed by atoms with Crippen LogP contribution in [-0.4, -0.2) is 40.5 Å². The third kappa shape index (κ3) is 5.79. The van der Waals surface area contributed by atoms with Crippen molar-refractivity contribution < 1.29 is 23.9 Å². The van der Waals surface area contributed by atoms with Gasteiger partial charge in [-0.2, -0.15) is 0 Å². The molecule has 4 rings (SSSR count). The van der Waals surface area contributed by atoms with E-state index in [0.29, 0.717) is 27.5 Å². The molecule has 0 atom stereocenters. The summed E-state index contributed by atoms with van der Waals surface area (Å²) >= 11 is 6.08. The number of Topliss-reactive ketones (excluding diaryl/α,β-unsaturated/α-hetero) is 2. The monoisotopic (exact) mass is 516 g/mol. The number of carbonyl (C=O) groups excluding carboxylic acids is 4. The third-order valence-electron chi connectivity index (χ3n) is 5.40. The van der Waals surface area contributed by atoms with Crippen LogP contribution < -0.4 is 15.4 Å². The van der Waals surface area contributed by atoms with Crippen LogP contribution >= 0.6 is 11.6 Å². The number of nitrogens with one attached hydrogen (secondary N) is 2. The smallest absolute Gasteiger partial charge is 0.292 e. The summed E-state index contributed by atoms with van der Waals surface area (Å²) in [6.07, 6.45) is -0.516. The second kappa shape index (κ2) is 11.0. The minimum atomic E-state index is -0.960. The van der Waals surface area contributed by atoms with E-state index in [0.717, 1.165) is 0 Å². The van der Waals surface area contributed by atoms with Crippen LogP contribution in [0.4, 0.5) is 11.4 Å². The van der Waals surface area contributed by atoms with E-state index in [1.807, 2.05) is 0 Å². The number of fused-ring (bicyclic) bond motifs is 1. The number of para-hydroxylation sites is 3. The maximum atomic E-state index is 13.2. The first-order valence-corrected chi connectivity index (χ1v) is 11.5. The van der Waals surface area contributed by atoms with Gasteiger partial charge in [0.2, 0.25) is 5.78 Å². The lowest BCUT2D eigenvalue weighted by Gasteiger charge is -2.13. The number of hydrogen-bond acceptors (Lipinski definition) is 7. The standard InChI is InChI=1S/C27H21ClN4O5/c1-15(33)17-7-3-4-8-18(17)31-26(35)23(34)14-22-25(30-19-12-11-16(28)13-21(19)29-22)27(36)32-20-9-5-6-10-24(20)37-2/h3-13H,14H2,1-2H3,(H,31,35)(H,32,36). The molecule has 1 heterocycles. The molecule has 4 aromatic rings. The number of nitrogens with zero attached hydrogens (tertiary/aromatic N) is 2. The zero-order chi connectivity index (χ0) is 26.5. The fourth-order valence-electron chi connectivity index (χ4n) is 3.62. The number of anilines is 2. The second-order valence-electron chi connectivity index (χ2n) is 7.96. The molecular weight excluding hydrogens is 496 g/mol. The van der Waals surface area contributed by atoms with E-state index in [9.17, 15) is 19.2 Å². The van der Waals surface area contributed by atoms with Gasteiger partial charge in [-0.25, -0.2) is 9.97 Å². The third-order valence-corrected chi connectivity index (χ3v) is 5.64. The Morgan fingerprint density at radius 3 is 2.30 bits per heavy atom. The Balaban J connectivity index is 1.66. The van der Waals surface area contributed by atoms with Crippen molar-refractivity contribution in [2.45, 2.75) is 13.3 Å². The molecule has 186 valence electrons. The highest BCUT2D eigenvalue weighted by Crippen LogP contribution is 2.25. The largest absolute Gasteiger partial charge is 0.495 e. The van der Waals surface area contributed by atoms with E-state index in [2.05, 4.69) is 20.6 Å². The Morgan fingerprint density at radius 2 is 1.57 bits per heavy atom. The highest BCUT2D eigenvalue weighted by Gasteiger charge is 2.24. The normalized spacial score (nSPS) is 10.6. The maximum absolute atomic E-state index is 13.2. The van der Waals surface area contributed by atoms with Crippen LogP contribution in [0.5, 0.6) is 5.75 Å². The number of rotatable bonds is 8. The molecule has 3 aromatic carbocycles. The van der Waals surface area contributed by atoms with Gasteiger partial charge in [0.25, 0.3) is 11.8 Å². The molecule has 37 heavy (non-hydrogen) atoms. The van der Waals surface area contributed by atoms with Gasteiger partial charge in [-0.3, -0.25) is 19.2 Å². The number of hydrogen-bond donors (Lipinski definition) is 2. The minimum Gasteiger partial charge on any atom is -0.495 e. The number of ether oxygens (including phenoxy) is 1. The van der Waals surface area contributed by atoms with E-state index >= 15 is 0 Å². The molecule has 10 heteroatoms. The molecule has 0 radical (unpaired) electrons. The number of methoxy groups -OCH3 is 1. The Labute approximate surface area is 216 Å². The van der Waals surface area contributed by atoms with E-state index in [1.165, 1.54) is 20.1 Å². The van der Waals surface area contributed by atoms with Crippen molar-refractivity contribution in [3.05, 3.63) is 88.7 Å². The lowest BCUT2D eigenvalue weighted by atomic mass is 10.1. The average molecular weight is 517 g/mol. The SMILES string of the molecule is COc1ccccc1NC(=O)c1nc2ccc(Cl)cc2nc1CC(=O)C(=O)Nc1ccccc1C(C)=O. The first-order valence-electron chi connectivity index (χ1n) is 11.1. The van der Waals surface area contributed by atoms with Crippen molar-refractivity contribution in [1.82, 2.24) is 9.97 Å². The summed E-state index contributed by atoms with van der Waals surface area (Å²) < 4.78 is 5.28. The summed E-state index contributed by atoms with van der Waals surface area (Å²) in [7, 11) is 1.47. The van der Waals surface area contributed by atoms with Gasteiger partial charge in [-0.05, 0) is 49.4 Å². The van der Waals surface area contributed by atoms with Crippen LogP contribution in [0.1, 0.15) is 33.5 Å². The van der Waals surface area contributed by atoms with Crippen molar-refractivity contribution in [2.24, 2.45) is 0 Å². The summed E-state index contributed by atoms with van der Waals surface area (Å²) in [5, 5.41) is 5.57. The number of halogens is 1. The molecule has 0 saturated carbocycles. The van der Waals surface area contributed by atoms with Crippen molar-refractivity contribution in [2.75, 3.05) is 17.7 Å². The van der Waals surface area contributed by atoms with Gasteiger partial charge in [0.15, 0.2) is 11.5 Å². The summed E-state index contributed by atoms with van der Waals surface area (Å²) in [5.41, 5.74) is 1.45. The number of carbonyl (C=O) groups is 4. The molecule has 0 saturated heterocycles. The number of ketones is 2. The molecule has 0 aliphatic rings. The summed E-state index contributed by atoms with van der Waals surface area (Å²) in [6.45, 7) is 1.36. The van der Waals surface area contributed by atoms with Gasteiger partial charge >= 0.3 is 0 Å². The topological polar surface area (TPSA) is 127 Å². The minimum absolute atomic E-state index is 0.0119. The van der Waals surface area contributed by atoms with Crippen LogP contribution in [0.15, 0.2) is 66.7 Å². The van der Waals surface area contributed by atoms with Crippen LogP contribution in [0.2, 0.25) is 5.02 Å². The molecule has 0 spiro atoms. The summed E-state index contributed by atoms with van der Waals surface area (Å²) in [6, 6.07) is 17.9. The second-order valence-corrected chi connectivity index (χ2v) is 8.40. The molecule has 9 nitrogen and oxygen atoms in total. The fourth-order valence-corrected chi connectivity index (χ4v) is 3.79. The highest BCUT2D eigenvalue weighted by molar-refractivity contribution is 6.41. The van der Waals surface area contributed by atoms with Gasteiger partial charge < -0.3 is 15.4 Å². The first kappa shape index (κ1) is 25.5. The Hall–Kier alpha value is -4.63. The van der Waals surface area contributed by atoms with Crippen molar-refractivity contribution in [3.8, 4) is 5.75 Å². The van der Waals surface area contributed by atoms with Gasteiger partial charge in [0.05, 0.1) is 41.6 Å². The predicted molar refractivity (Wildman–Crippen MR) is 139 cm³/mol. The average Bonchev–Trinajstić information content (AvgIpc) is 2.88. The Kier molecular flexibility index (Phi) is 7.55. The molecule has 0 aliphatic carbocycles. The zero-order valence-corrected chi connectivity index (χ0v) is 20.6. The van der Waals surface area contributed by atoms with E-state index < -0.39 is 24.0 Å². The van der Waals surface area contributed by atoms with Crippen molar-refractivity contribution in [3.63, 3.8) is 0 Å². The van der Waals surface area contributed by atoms with E-state index in [-0.39, 0.29) is 28.4 Å². The molecule has 2 N–H and O–H groups in total. The number of aromatic nitrogens is 2. The van der Waals surface area contributed by atoms with Crippen LogP contribution in [0, 0.1) is 0 Å². The molecule has 0 unspecified atom stereocenters. The Morgan fingerprint density at radius 1 is 0.865 bits per heavy atom.